The van der Waals surface area contributed by atoms with Crippen molar-refractivity contribution >= 4 is 39.0 Å². The van der Waals surface area contributed by atoms with Crippen LogP contribution in [0.2, 0.25) is 0 Å². The number of thiophene rings is 1. The minimum absolute atomic E-state index is 0.0125. The summed E-state index contributed by atoms with van der Waals surface area (Å²) in [5.74, 6) is -0.420. The molecule has 2 aromatic heterocycles. The first-order valence-electron chi connectivity index (χ1n) is 10.1. The lowest BCUT2D eigenvalue weighted by Gasteiger charge is -2.13. The number of esters is 1. The van der Waals surface area contributed by atoms with Crippen LogP contribution in [0.15, 0.2) is 34.4 Å². The number of carbonyl (C=O) groups is 2. The summed E-state index contributed by atoms with van der Waals surface area (Å²) >= 11 is 1.19. The summed E-state index contributed by atoms with van der Waals surface area (Å²) in [4.78, 5) is 38.6. The fourth-order valence-corrected chi connectivity index (χ4v) is 4.22. The molecule has 1 N–H and O–H groups in total. The maximum atomic E-state index is 13.4. The van der Waals surface area contributed by atoms with Crippen LogP contribution in [0.25, 0.3) is 16.5 Å². The number of benzene rings is 1. The normalized spacial score (nSPS) is 11.0. The zero-order valence-electron chi connectivity index (χ0n) is 17.9. The van der Waals surface area contributed by atoms with Crippen molar-refractivity contribution in [1.29, 1.82) is 0 Å². The predicted molar refractivity (Wildman–Crippen MR) is 120 cm³/mol. The molecule has 0 atom stereocenters. The van der Waals surface area contributed by atoms with E-state index in [9.17, 15) is 14.4 Å². The Morgan fingerprint density at radius 1 is 1.23 bits per heavy atom. The first-order chi connectivity index (χ1) is 14.9. The van der Waals surface area contributed by atoms with E-state index in [0.717, 1.165) is 4.68 Å². The molecule has 8 nitrogen and oxygen atoms in total. The monoisotopic (exact) mass is 443 g/mol. The van der Waals surface area contributed by atoms with Gasteiger partial charge in [0.25, 0.3) is 5.56 Å². The first-order valence-corrected chi connectivity index (χ1v) is 11.0. The molecule has 0 spiro atoms. The quantitative estimate of drug-likeness (QED) is 0.528. The Kier molecular flexibility index (Phi) is 7.06. The molecule has 1 aromatic carbocycles. The third-order valence-corrected chi connectivity index (χ3v) is 5.91. The van der Waals surface area contributed by atoms with E-state index in [-0.39, 0.29) is 29.5 Å². The molecule has 0 bridgehead atoms. The minimum Gasteiger partial charge on any atom is -0.497 e. The van der Waals surface area contributed by atoms with Crippen molar-refractivity contribution < 1.29 is 19.1 Å². The third-order valence-electron chi connectivity index (χ3n) is 5.01. The lowest BCUT2D eigenvalue weighted by Crippen LogP contribution is -2.26. The summed E-state index contributed by atoms with van der Waals surface area (Å²) in [7, 11) is 1.52. The number of amides is 1. The molecule has 164 valence electrons. The number of ether oxygens (including phenoxy) is 2. The fraction of sp³-hybridized carbons (Fsp3) is 0.364. The molecule has 0 saturated heterocycles. The number of hydrogen-bond acceptors (Lipinski definition) is 7. The van der Waals surface area contributed by atoms with E-state index in [1.54, 1.807) is 36.6 Å². The first kappa shape index (κ1) is 22.5. The van der Waals surface area contributed by atoms with Crippen molar-refractivity contribution in [2.75, 3.05) is 19.0 Å². The molecule has 3 aromatic rings. The topological polar surface area (TPSA) is 99.5 Å². The Balaban J connectivity index is 2.23. The van der Waals surface area contributed by atoms with Gasteiger partial charge < -0.3 is 14.8 Å². The summed E-state index contributed by atoms with van der Waals surface area (Å²) in [6.45, 7) is 5.75. The largest absolute Gasteiger partial charge is 0.497 e. The van der Waals surface area contributed by atoms with E-state index < -0.39 is 11.5 Å². The van der Waals surface area contributed by atoms with Crippen LogP contribution in [0.3, 0.4) is 0 Å². The number of methoxy groups -OCH3 is 1. The van der Waals surface area contributed by atoms with Gasteiger partial charge >= 0.3 is 5.97 Å². The molecule has 0 fully saturated rings. The van der Waals surface area contributed by atoms with E-state index in [2.05, 4.69) is 10.4 Å². The maximum absolute atomic E-state index is 13.4. The lowest BCUT2D eigenvalue weighted by atomic mass is 10.0. The second kappa shape index (κ2) is 9.74. The van der Waals surface area contributed by atoms with Gasteiger partial charge in [-0.05, 0) is 31.9 Å². The molecule has 0 unspecified atom stereocenters. The van der Waals surface area contributed by atoms with Gasteiger partial charge in [0, 0.05) is 22.8 Å². The smallest absolute Gasteiger partial charge is 0.359 e. The average Bonchev–Trinajstić information content (AvgIpc) is 3.19. The number of anilines is 1. The van der Waals surface area contributed by atoms with Gasteiger partial charge in [-0.3, -0.25) is 9.59 Å². The summed E-state index contributed by atoms with van der Waals surface area (Å²) in [6, 6.07) is 6.79. The molecular formula is C22H25N3O5S. The molecule has 0 aliphatic heterocycles. The molecule has 31 heavy (non-hydrogen) atoms. The highest BCUT2D eigenvalue weighted by atomic mass is 32.1. The summed E-state index contributed by atoms with van der Waals surface area (Å²) in [6.07, 6.45) is 1.38. The highest BCUT2D eigenvalue weighted by molar-refractivity contribution is 7.16. The number of nitrogens with zero attached hydrogens (tertiary/aromatic N) is 2. The van der Waals surface area contributed by atoms with Crippen molar-refractivity contribution in [3.63, 3.8) is 0 Å². The minimum atomic E-state index is -0.639. The molecule has 0 radical (unpaired) electrons. The maximum Gasteiger partial charge on any atom is 0.359 e. The number of rotatable bonds is 8. The molecule has 1 amide bonds. The van der Waals surface area contributed by atoms with Crippen molar-refractivity contribution in [2.24, 2.45) is 5.92 Å². The number of fused-ring (bicyclic) bond motifs is 1. The van der Waals surface area contributed by atoms with Gasteiger partial charge in [-0.2, -0.15) is 9.78 Å². The molecule has 2 heterocycles. The van der Waals surface area contributed by atoms with Crippen LogP contribution < -0.4 is 15.6 Å². The van der Waals surface area contributed by atoms with Crippen molar-refractivity contribution in [1.82, 2.24) is 9.78 Å². The van der Waals surface area contributed by atoms with Gasteiger partial charge in [0.1, 0.15) is 10.8 Å². The van der Waals surface area contributed by atoms with Crippen LogP contribution in [0.1, 0.15) is 44.1 Å². The number of hydrogen-bond donors (Lipinski definition) is 1. The summed E-state index contributed by atoms with van der Waals surface area (Å²) in [5, 5.41) is 9.78. The Labute approximate surface area is 183 Å². The van der Waals surface area contributed by atoms with Gasteiger partial charge in [0.2, 0.25) is 5.91 Å². The molecule has 0 saturated carbocycles. The van der Waals surface area contributed by atoms with E-state index >= 15 is 0 Å². The average molecular weight is 444 g/mol. The molecule has 3 rings (SSSR count). The van der Waals surface area contributed by atoms with Crippen molar-refractivity contribution in [3.8, 4) is 11.4 Å². The van der Waals surface area contributed by atoms with E-state index in [1.165, 1.54) is 18.4 Å². The Morgan fingerprint density at radius 2 is 1.97 bits per heavy atom. The van der Waals surface area contributed by atoms with Crippen LogP contribution in [-0.4, -0.2) is 35.4 Å². The highest BCUT2D eigenvalue weighted by Crippen LogP contribution is 2.31. The predicted octanol–water partition coefficient (Wildman–Crippen LogP) is 4.01. The Bertz CT molecular complexity index is 1160. The van der Waals surface area contributed by atoms with Crippen LogP contribution >= 0.6 is 11.3 Å². The zero-order valence-corrected chi connectivity index (χ0v) is 18.7. The van der Waals surface area contributed by atoms with Crippen LogP contribution in [0.5, 0.6) is 5.75 Å². The third kappa shape index (κ3) is 4.46. The number of carbonyl (C=O) groups excluding carboxylic acids is 2. The molecular weight excluding hydrogens is 418 g/mol. The van der Waals surface area contributed by atoms with Gasteiger partial charge in [0.15, 0.2) is 5.69 Å². The van der Waals surface area contributed by atoms with E-state index in [4.69, 9.17) is 9.47 Å². The Morgan fingerprint density at radius 3 is 2.61 bits per heavy atom. The van der Waals surface area contributed by atoms with Gasteiger partial charge in [-0.25, -0.2) is 4.79 Å². The van der Waals surface area contributed by atoms with Gasteiger partial charge in [-0.15, -0.1) is 11.3 Å². The second-order valence-electron chi connectivity index (χ2n) is 6.84. The van der Waals surface area contributed by atoms with E-state index in [0.29, 0.717) is 34.7 Å². The van der Waals surface area contributed by atoms with Gasteiger partial charge in [0.05, 0.1) is 24.8 Å². The van der Waals surface area contributed by atoms with Crippen molar-refractivity contribution in [2.45, 2.75) is 33.6 Å². The lowest BCUT2D eigenvalue weighted by molar-refractivity contribution is -0.120. The highest BCUT2D eigenvalue weighted by Gasteiger charge is 2.24. The molecule has 0 aliphatic carbocycles. The summed E-state index contributed by atoms with van der Waals surface area (Å²) < 4.78 is 11.5. The van der Waals surface area contributed by atoms with Gasteiger partial charge in [-0.1, -0.05) is 19.9 Å². The Hall–Kier alpha value is -3.20. The number of nitrogens with one attached hydrogen (secondary N) is 1. The van der Waals surface area contributed by atoms with Crippen LogP contribution in [-0.2, 0) is 9.53 Å². The fourth-order valence-electron chi connectivity index (χ4n) is 3.28. The van der Waals surface area contributed by atoms with Crippen LogP contribution in [0, 0.1) is 5.92 Å². The number of aromatic nitrogens is 2. The molecule has 9 heteroatoms. The summed E-state index contributed by atoms with van der Waals surface area (Å²) in [5.41, 5.74) is -0.00350. The zero-order chi connectivity index (χ0) is 22.5. The molecule has 0 aliphatic rings. The second-order valence-corrected chi connectivity index (χ2v) is 7.72. The van der Waals surface area contributed by atoms with Crippen molar-refractivity contribution in [3.05, 3.63) is 45.7 Å². The van der Waals surface area contributed by atoms with E-state index in [1.807, 2.05) is 13.8 Å². The van der Waals surface area contributed by atoms with Crippen LogP contribution in [0.4, 0.5) is 5.00 Å². The standard InChI is InChI=1S/C22H25N3O5S/c1-5-13(6-2)19(26)23-20-17-16(12-31-20)18(22(28)30-7-3)24-25(21(17)27)14-9-8-10-15(11-14)29-4/h8-13H,5-7H2,1-4H3,(H,23,26). The SMILES string of the molecule is CCOC(=O)c1nn(-c2cccc(OC)c2)c(=O)c2c(NC(=O)C(CC)CC)scc12.